The standard InChI is InChI=1S/C37H53N3O7/c1-10-30(41)31(47-33(43)40-35(4,5)26-46-37(40,8)9)29(21-22-44-32(42)39-34(2,3)25-45-36(39,6)7)38(23-27-17-13-11-14-18-27)24-28-19-15-12-16-20-28/h11-20,29,31H,10,21-26H2,1-9H3/t29-,31+/m0/s1. The first-order valence-corrected chi connectivity index (χ1v) is 16.6. The fraction of sp³-hybridized carbons (Fsp3) is 0.595. The van der Waals surface area contributed by atoms with Crippen molar-refractivity contribution >= 4 is 18.0 Å². The molecule has 2 fully saturated rings. The summed E-state index contributed by atoms with van der Waals surface area (Å²) in [6.45, 7) is 18.5. The molecule has 2 aliphatic rings. The van der Waals surface area contributed by atoms with Gasteiger partial charge in [0, 0.05) is 25.9 Å². The maximum Gasteiger partial charge on any atom is 0.413 e. The fourth-order valence-corrected chi connectivity index (χ4v) is 6.86. The summed E-state index contributed by atoms with van der Waals surface area (Å²) >= 11 is 0. The molecule has 2 saturated heterocycles. The van der Waals surface area contributed by atoms with E-state index in [1.54, 1.807) is 16.7 Å². The largest absolute Gasteiger partial charge is 0.449 e. The number of ketones is 1. The normalized spacial score (nSPS) is 20.6. The van der Waals surface area contributed by atoms with Gasteiger partial charge in [-0.3, -0.25) is 19.5 Å². The van der Waals surface area contributed by atoms with E-state index in [1.165, 1.54) is 0 Å². The Morgan fingerprint density at radius 2 is 1.19 bits per heavy atom. The molecule has 0 bridgehead atoms. The van der Waals surface area contributed by atoms with Gasteiger partial charge in [-0.15, -0.1) is 0 Å². The van der Waals surface area contributed by atoms with Gasteiger partial charge in [0.25, 0.3) is 0 Å². The lowest BCUT2D eigenvalue weighted by Crippen LogP contribution is -2.56. The molecule has 0 aromatic heterocycles. The molecule has 4 rings (SSSR count). The molecule has 10 nitrogen and oxygen atoms in total. The molecule has 2 aliphatic heterocycles. The van der Waals surface area contributed by atoms with Crippen LogP contribution in [0, 0.1) is 0 Å². The van der Waals surface area contributed by atoms with Gasteiger partial charge < -0.3 is 18.9 Å². The van der Waals surface area contributed by atoms with Crippen LogP contribution in [0.25, 0.3) is 0 Å². The average molecular weight is 652 g/mol. The van der Waals surface area contributed by atoms with Crippen LogP contribution in [0.4, 0.5) is 9.59 Å². The number of Topliss-reactive ketones (excluding diaryl/α,β-unsaturated/α-hetero) is 1. The van der Waals surface area contributed by atoms with Crippen LogP contribution < -0.4 is 0 Å². The Kier molecular flexibility index (Phi) is 11.1. The maximum absolute atomic E-state index is 14.0. The minimum Gasteiger partial charge on any atom is -0.449 e. The number of ether oxygens (including phenoxy) is 4. The molecular formula is C37H53N3O7. The Balaban J connectivity index is 1.69. The van der Waals surface area contributed by atoms with Crippen molar-refractivity contribution < 1.29 is 33.3 Å². The Morgan fingerprint density at radius 1 is 0.745 bits per heavy atom. The SMILES string of the molecule is CCC(=O)[C@H](OC(=O)N1C(C)(C)COC1(C)C)[C@H](CCOC(=O)N1C(C)(C)COC1(C)C)N(Cc1ccccc1)Cc1ccccc1. The van der Waals surface area contributed by atoms with E-state index < -0.39 is 46.9 Å². The monoisotopic (exact) mass is 651 g/mol. The zero-order valence-electron chi connectivity index (χ0n) is 29.6. The quantitative estimate of drug-likeness (QED) is 0.248. The topological polar surface area (TPSA) is 97.9 Å². The lowest BCUT2D eigenvalue weighted by atomic mass is 9.98. The smallest absolute Gasteiger partial charge is 0.413 e. The Labute approximate surface area is 280 Å². The third-order valence-electron chi connectivity index (χ3n) is 9.02. The van der Waals surface area contributed by atoms with Crippen molar-refractivity contribution in [3.8, 4) is 0 Å². The van der Waals surface area contributed by atoms with Crippen molar-refractivity contribution in [3.63, 3.8) is 0 Å². The van der Waals surface area contributed by atoms with Crippen LogP contribution in [0.3, 0.4) is 0 Å². The number of carbonyl (C=O) groups excluding carboxylic acids is 3. The second-order valence-electron chi connectivity index (χ2n) is 14.7. The van der Waals surface area contributed by atoms with E-state index in [1.807, 2.05) is 116 Å². The van der Waals surface area contributed by atoms with Crippen LogP contribution in [0.1, 0.15) is 86.3 Å². The molecule has 0 saturated carbocycles. The van der Waals surface area contributed by atoms with Gasteiger partial charge in [0.15, 0.2) is 11.9 Å². The summed E-state index contributed by atoms with van der Waals surface area (Å²) in [5, 5.41) is 0. The number of hydrogen-bond acceptors (Lipinski definition) is 8. The van der Waals surface area contributed by atoms with Gasteiger partial charge in [-0.1, -0.05) is 67.6 Å². The lowest BCUT2D eigenvalue weighted by Gasteiger charge is -2.40. The first-order valence-electron chi connectivity index (χ1n) is 16.6. The van der Waals surface area contributed by atoms with Crippen molar-refractivity contribution in [1.29, 1.82) is 0 Å². The van der Waals surface area contributed by atoms with Crippen LogP contribution in [0.5, 0.6) is 0 Å². The molecule has 258 valence electrons. The number of rotatable bonds is 12. The van der Waals surface area contributed by atoms with Crippen molar-refractivity contribution in [2.24, 2.45) is 0 Å². The molecule has 47 heavy (non-hydrogen) atoms. The molecule has 0 N–H and O–H groups in total. The zero-order valence-corrected chi connectivity index (χ0v) is 29.6. The van der Waals surface area contributed by atoms with Gasteiger partial charge in [0.2, 0.25) is 0 Å². The molecule has 10 heteroatoms. The van der Waals surface area contributed by atoms with Crippen LogP contribution >= 0.6 is 0 Å². The molecule has 2 heterocycles. The fourth-order valence-electron chi connectivity index (χ4n) is 6.86. The van der Waals surface area contributed by atoms with Gasteiger partial charge in [-0.2, -0.15) is 0 Å². The highest BCUT2D eigenvalue weighted by atomic mass is 16.6. The van der Waals surface area contributed by atoms with E-state index in [4.69, 9.17) is 18.9 Å². The number of hydrogen-bond donors (Lipinski definition) is 0. The van der Waals surface area contributed by atoms with Gasteiger partial charge in [0.1, 0.15) is 11.4 Å². The first kappa shape index (κ1) is 36.4. The third-order valence-corrected chi connectivity index (χ3v) is 9.02. The van der Waals surface area contributed by atoms with E-state index in [-0.39, 0.29) is 25.2 Å². The van der Waals surface area contributed by atoms with Crippen LogP contribution in [0.2, 0.25) is 0 Å². The summed E-state index contributed by atoms with van der Waals surface area (Å²) in [5.74, 6) is -0.216. The summed E-state index contributed by atoms with van der Waals surface area (Å²) < 4.78 is 24.0. The van der Waals surface area contributed by atoms with Crippen LogP contribution in [0.15, 0.2) is 60.7 Å². The number of carbonyl (C=O) groups is 3. The number of benzene rings is 2. The van der Waals surface area contributed by atoms with E-state index in [0.717, 1.165) is 11.1 Å². The van der Waals surface area contributed by atoms with Gasteiger partial charge >= 0.3 is 12.2 Å². The predicted octanol–water partition coefficient (Wildman–Crippen LogP) is 6.76. The molecule has 2 aromatic carbocycles. The van der Waals surface area contributed by atoms with Crippen molar-refractivity contribution in [1.82, 2.24) is 14.7 Å². The molecule has 2 amide bonds. The van der Waals surface area contributed by atoms with Crippen LogP contribution in [-0.2, 0) is 36.8 Å². The zero-order chi connectivity index (χ0) is 34.6. The summed E-state index contributed by atoms with van der Waals surface area (Å²) in [5.41, 5.74) is -0.881. The first-order chi connectivity index (χ1) is 22.0. The van der Waals surface area contributed by atoms with E-state index >= 15 is 0 Å². The molecule has 0 radical (unpaired) electrons. The minimum atomic E-state index is -1.13. The molecular weight excluding hydrogens is 598 g/mol. The van der Waals surface area contributed by atoms with Crippen LogP contribution in [-0.4, -0.2) is 87.2 Å². The van der Waals surface area contributed by atoms with Crippen molar-refractivity contribution in [2.45, 2.75) is 123 Å². The minimum absolute atomic E-state index is 0.00109. The Hall–Kier alpha value is -3.47. The lowest BCUT2D eigenvalue weighted by molar-refractivity contribution is -0.134. The van der Waals surface area contributed by atoms with E-state index in [0.29, 0.717) is 26.3 Å². The van der Waals surface area contributed by atoms with Gasteiger partial charge in [-0.25, -0.2) is 9.59 Å². The molecule has 0 aliphatic carbocycles. The number of amides is 2. The predicted molar refractivity (Wildman–Crippen MR) is 179 cm³/mol. The maximum atomic E-state index is 14.0. The summed E-state index contributed by atoms with van der Waals surface area (Å²) in [6, 6.07) is 19.3. The molecule has 0 spiro atoms. The van der Waals surface area contributed by atoms with E-state index in [2.05, 4.69) is 4.90 Å². The summed E-state index contributed by atoms with van der Waals surface area (Å²) in [4.78, 5) is 46.7. The highest BCUT2D eigenvalue weighted by Crippen LogP contribution is 2.37. The van der Waals surface area contributed by atoms with Gasteiger partial charge in [-0.05, 0) is 66.5 Å². The summed E-state index contributed by atoms with van der Waals surface area (Å²) in [6.07, 6.45) is -1.84. The highest BCUT2D eigenvalue weighted by molar-refractivity contribution is 5.86. The second kappa shape index (κ2) is 14.3. The van der Waals surface area contributed by atoms with Crippen molar-refractivity contribution in [3.05, 3.63) is 71.8 Å². The summed E-state index contributed by atoms with van der Waals surface area (Å²) in [7, 11) is 0. The third kappa shape index (κ3) is 8.52. The second-order valence-corrected chi connectivity index (χ2v) is 14.7. The highest BCUT2D eigenvalue weighted by Gasteiger charge is 2.52. The molecule has 0 unspecified atom stereocenters. The van der Waals surface area contributed by atoms with E-state index in [9.17, 15) is 14.4 Å². The molecule has 2 atom stereocenters. The number of nitrogens with zero attached hydrogens (tertiary/aromatic N) is 3. The van der Waals surface area contributed by atoms with Crippen molar-refractivity contribution in [2.75, 3.05) is 19.8 Å². The Morgan fingerprint density at radius 3 is 1.60 bits per heavy atom. The van der Waals surface area contributed by atoms with Gasteiger partial charge in [0.05, 0.1) is 36.9 Å². The Bertz CT molecular complexity index is 1300. The molecule has 2 aromatic rings. The average Bonchev–Trinajstić information content (AvgIpc) is 3.38.